The highest BCUT2D eigenvalue weighted by Gasteiger charge is 2.23. The van der Waals surface area contributed by atoms with Crippen LogP contribution in [0.25, 0.3) is 0 Å². The SMILES string of the molecule is Cc1cc(C)cc(C2NCCNC2=O)c1. The van der Waals surface area contributed by atoms with Crippen molar-refractivity contribution in [3.8, 4) is 0 Å². The summed E-state index contributed by atoms with van der Waals surface area (Å²) in [5.74, 6) is 0.0752. The molecule has 0 radical (unpaired) electrons. The summed E-state index contributed by atoms with van der Waals surface area (Å²) in [5, 5.41) is 6.10. The van der Waals surface area contributed by atoms with Crippen molar-refractivity contribution >= 4 is 5.91 Å². The molecule has 1 saturated heterocycles. The smallest absolute Gasteiger partial charge is 0.241 e. The number of aryl methyl sites for hydroxylation is 2. The largest absolute Gasteiger partial charge is 0.353 e. The molecule has 3 nitrogen and oxygen atoms in total. The first-order chi connectivity index (χ1) is 7.16. The molecule has 0 saturated carbocycles. The van der Waals surface area contributed by atoms with E-state index in [1.165, 1.54) is 11.1 Å². The molecule has 2 N–H and O–H groups in total. The molecular formula is C12H16N2O. The number of piperazine rings is 1. The third-order valence-electron chi connectivity index (χ3n) is 2.61. The summed E-state index contributed by atoms with van der Waals surface area (Å²) in [7, 11) is 0. The van der Waals surface area contributed by atoms with Gasteiger partial charge in [0.15, 0.2) is 0 Å². The molecule has 1 aromatic rings. The molecule has 1 aromatic carbocycles. The molecule has 1 unspecified atom stereocenters. The first kappa shape index (κ1) is 10.2. The zero-order valence-corrected chi connectivity index (χ0v) is 9.13. The average Bonchev–Trinajstić information content (AvgIpc) is 2.16. The van der Waals surface area contributed by atoms with Gasteiger partial charge in [0.1, 0.15) is 6.04 Å². The van der Waals surface area contributed by atoms with E-state index in [4.69, 9.17) is 0 Å². The highest BCUT2D eigenvalue weighted by Crippen LogP contribution is 2.18. The summed E-state index contributed by atoms with van der Waals surface area (Å²) >= 11 is 0. The van der Waals surface area contributed by atoms with E-state index in [0.29, 0.717) is 0 Å². The Kier molecular flexibility index (Phi) is 2.73. The van der Waals surface area contributed by atoms with Gasteiger partial charge in [0.2, 0.25) is 5.91 Å². The summed E-state index contributed by atoms with van der Waals surface area (Å²) in [4.78, 5) is 11.6. The van der Waals surface area contributed by atoms with Crippen molar-refractivity contribution in [2.24, 2.45) is 0 Å². The van der Waals surface area contributed by atoms with Crippen LogP contribution in [0.3, 0.4) is 0 Å². The van der Waals surface area contributed by atoms with Gasteiger partial charge >= 0.3 is 0 Å². The van der Waals surface area contributed by atoms with E-state index in [1.807, 2.05) is 0 Å². The lowest BCUT2D eigenvalue weighted by Crippen LogP contribution is -2.47. The number of carbonyl (C=O) groups is 1. The van der Waals surface area contributed by atoms with Gasteiger partial charge in [-0.15, -0.1) is 0 Å². The van der Waals surface area contributed by atoms with E-state index in [9.17, 15) is 4.79 Å². The lowest BCUT2D eigenvalue weighted by atomic mass is 10.00. The summed E-state index contributed by atoms with van der Waals surface area (Å²) < 4.78 is 0. The van der Waals surface area contributed by atoms with E-state index < -0.39 is 0 Å². The maximum Gasteiger partial charge on any atom is 0.241 e. The van der Waals surface area contributed by atoms with Gasteiger partial charge in [0, 0.05) is 13.1 Å². The molecule has 0 spiro atoms. The fraction of sp³-hybridized carbons (Fsp3) is 0.417. The second-order valence-electron chi connectivity index (χ2n) is 4.10. The second kappa shape index (κ2) is 4.03. The molecule has 1 fully saturated rings. The third kappa shape index (κ3) is 2.18. The number of benzene rings is 1. The van der Waals surface area contributed by atoms with E-state index in [2.05, 4.69) is 42.7 Å². The second-order valence-corrected chi connectivity index (χ2v) is 4.10. The maximum absolute atomic E-state index is 11.6. The molecule has 1 amide bonds. The van der Waals surface area contributed by atoms with Crippen LogP contribution in [0.15, 0.2) is 18.2 Å². The molecule has 80 valence electrons. The van der Waals surface area contributed by atoms with Gasteiger partial charge in [-0.05, 0) is 19.4 Å². The minimum atomic E-state index is -0.183. The normalized spacial score (nSPS) is 21.2. The van der Waals surface area contributed by atoms with E-state index in [0.717, 1.165) is 18.7 Å². The molecule has 2 rings (SSSR count). The predicted octanol–water partition coefficient (Wildman–Crippen LogP) is 1.06. The number of rotatable bonds is 1. The average molecular weight is 204 g/mol. The lowest BCUT2D eigenvalue weighted by Gasteiger charge is -2.24. The standard InChI is InChI=1S/C12H16N2O/c1-8-5-9(2)7-10(6-8)11-12(15)14-4-3-13-11/h5-7,11,13H,3-4H2,1-2H3,(H,14,15). The molecule has 1 aliphatic heterocycles. The molecule has 15 heavy (non-hydrogen) atoms. The summed E-state index contributed by atoms with van der Waals surface area (Å²) in [6.07, 6.45) is 0. The summed E-state index contributed by atoms with van der Waals surface area (Å²) in [6, 6.07) is 6.06. The molecular weight excluding hydrogens is 188 g/mol. The number of hydrogen-bond donors (Lipinski definition) is 2. The topological polar surface area (TPSA) is 41.1 Å². The summed E-state index contributed by atoms with van der Waals surface area (Å²) in [5.41, 5.74) is 3.46. The fourth-order valence-electron chi connectivity index (χ4n) is 2.04. The quantitative estimate of drug-likeness (QED) is 0.718. The molecule has 0 aliphatic carbocycles. The molecule has 1 atom stereocenters. The Morgan fingerprint density at radius 3 is 2.40 bits per heavy atom. The van der Waals surface area contributed by atoms with E-state index >= 15 is 0 Å². The van der Waals surface area contributed by atoms with Crippen molar-refractivity contribution < 1.29 is 4.79 Å². The monoisotopic (exact) mass is 204 g/mol. The number of nitrogens with one attached hydrogen (secondary N) is 2. The van der Waals surface area contributed by atoms with Crippen LogP contribution in [0.2, 0.25) is 0 Å². The number of carbonyl (C=O) groups excluding carboxylic acids is 1. The number of hydrogen-bond acceptors (Lipinski definition) is 2. The Balaban J connectivity index is 2.31. The zero-order chi connectivity index (χ0) is 10.8. The van der Waals surface area contributed by atoms with Gasteiger partial charge in [-0.3, -0.25) is 4.79 Å². The van der Waals surface area contributed by atoms with Crippen LogP contribution in [0.1, 0.15) is 22.7 Å². The first-order valence-corrected chi connectivity index (χ1v) is 5.26. The van der Waals surface area contributed by atoms with Gasteiger partial charge in [-0.1, -0.05) is 29.3 Å². The Morgan fingerprint density at radius 1 is 1.13 bits per heavy atom. The van der Waals surface area contributed by atoms with Gasteiger partial charge in [-0.2, -0.15) is 0 Å². The molecule has 1 aliphatic rings. The molecule has 0 bridgehead atoms. The number of amides is 1. The third-order valence-corrected chi connectivity index (χ3v) is 2.61. The highest BCUT2D eigenvalue weighted by molar-refractivity contribution is 5.84. The van der Waals surface area contributed by atoms with Gasteiger partial charge in [0.05, 0.1) is 0 Å². The maximum atomic E-state index is 11.6. The van der Waals surface area contributed by atoms with Crippen molar-refractivity contribution in [2.45, 2.75) is 19.9 Å². The molecule has 0 aromatic heterocycles. The molecule has 1 heterocycles. The molecule has 3 heteroatoms. The van der Waals surface area contributed by atoms with Crippen molar-refractivity contribution in [3.05, 3.63) is 34.9 Å². The van der Waals surface area contributed by atoms with Crippen LogP contribution in [-0.2, 0) is 4.79 Å². The minimum absolute atomic E-state index is 0.0752. The van der Waals surface area contributed by atoms with Crippen LogP contribution in [0.4, 0.5) is 0 Å². The highest BCUT2D eigenvalue weighted by atomic mass is 16.2. The van der Waals surface area contributed by atoms with Crippen LogP contribution in [0.5, 0.6) is 0 Å². The fourth-order valence-corrected chi connectivity index (χ4v) is 2.04. The first-order valence-electron chi connectivity index (χ1n) is 5.26. The summed E-state index contributed by atoms with van der Waals surface area (Å²) in [6.45, 7) is 5.66. The predicted molar refractivity (Wildman–Crippen MR) is 59.7 cm³/mol. The van der Waals surface area contributed by atoms with Crippen LogP contribution >= 0.6 is 0 Å². The van der Waals surface area contributed by atoms with Gasteiger partial charge < -0.3 is 10.6 Å². The van der Waals surface area contributed by atoms with Crippen LogP contribution in [0, 0.1) is 13.8 Å². The van der Waals surface area contributed by atoms with Crippen LogP contribution < -0.4 is 10.6 Å². The van der Waals surface area contributed by atoms with Crippen LogP contribution in [-0.4, -0.2) is 19.0 Å². The minimum Gasteiger partial charge on any atom is -0.353 e. The van der Waals surface area contributed by atoms with Gasteiger partial charge in [0.25, 0.3) is 0 Å². The lowest BCUT2D eigenvalue weighted by molar-refractivity contribution is -0.124. The van der Waals surface area contributed by atoms with Crippen molar-refractivity contribution in [1.29, 1.82) is 0 Å². The Morgan fingerprint density at radius 2 is 1.80 bits per heavy atom. The Labute approximate surface area is 89.9 Å². The van der Waals surface area contributed by atoms with Crippen molar-refractivity contribution in [3.63, 3.8) is 0 Å². The Hall–Kier alpha value is -1.35. The Bertz CT molecular complexity index is 367. The van der Waals surface area contributed by atoms with Gasteiger partial charge in [-0.25, -0.2) is 0 Å². The van der Waals surface area contributed by atoms with Crippen molar-refractivity contribution in [1.82, 2.24) is 10.6 Å². The van der Waals surface area contributed by atoms with Crippen molar-refractivity contribution in [2.75, 3.05) is 13.1 Å². The van der Waals surface area contributed by atoms with E-state index in [1.54, 1.807) is 0 Å². The van der Waals surface area contributed by atoms with E-state index in [-0.39, 0.29) is 11.9 Å². The zero-order valence-electron chi connectivity index (χ0n) is 9.13.